The van der Waals surface area contributed by atoms with Crippen LogP contribution >= 0.6 is 11.3 Å². The number of aryl methyl sites for hydroxylation is 1. The average molecular weight is 424 g/mol. The number of fused-ring (bicyclic) bond motifs is 1. The third-order valence-corrected chi connectivity index (χ3v) is 5.97. The zero-order valence-corrected chi connectivity index (χ0v) is 17.7. The summed E-state index contributed by atoms with van der Waals surface area (Å²) in [4.78, 5) is 37.8. The zero-order chi connectivity index (χ0) is 21.5. The minimum atomic E-state index is -0.818. The van der Waals surface area contributed by atoms with Crippen LogP contribution in [0.15, 0.2) is 54.6 Å². The van der Waals surface area contributed by atoms with E-state index in [-0.39, 0.29) is 49.7 Å². The predicted octanol–water partition coefficient (Wildman–Crippen LogP) is 4.37. The minimum Gasteiger partial charge on any atom is -0.387 e. The number of hydrogen-bond acceptors (Lipinski definition) is 5. The van der Waals surface area contributed by atoms with E-state index in [4.69, 9.17) is 0 Å². The van der Waals surface area contributed by atoms with E-state index < -0.39 is 6.10 Å². The van der Waals surface area contributed by atoms with Gasteiger partial charge in [0.15, 0.2) is 5.78 Å². The molecule has 156 valence electrons. The quantitative estimate of drug-likeness (QED) is 0.474. The molecule has 2 N–H and O–H groups in total. The highest BCUT2D eigenvalue weighted by Crippen LogP contribution is 2.20. The van der Waals surface area contributed by atoms with Crippen LogP contribution in [0.25, 0.3) is 10.8 Å². The molecule has 3 aromatic rings. The Morgan fingerprint density at radius 1 is 0.933 bits per heavy atom. The molecule has 1 atom stereocenters. The number of ketones is 2. The van der Waals surface area contributed by atoms with Crippen molar-refractivity contribution in [1.82, 2.24) is 5.32 Å². The summed E-state index contributed by atoms with van der Waals surface area (Å²) in [6, 6.07) is 17.2. The summed E-state index contributed by atoms with van der Waals surface area (Å²) in [6.45, 7) is 2.02. The molecule has 1 heterocycles. The number of carbonyl (C=O) groups excluding carboxylic acids is 3. The van der Waals surface area contributed by atoms with Gasteiger partial charge in [-0.2, -0.15) is 0 Å². The van der Waals surface area contributed by atoms with Gasteiger partial charge in [-0.15, -0.1) is 11.3 Å². The van der Waals surface area contributed by atoms with Crippen LogP contribution in [0.1, 0.15) is 51.9 Å². The number of aliphatic hydroxyl groups excluding tert-OH is 1. The summed E-state index contributed by atoms with van der Waals surface area (Å²) in [5, 5.41) is 15.1. The summed E-state index contributed by atoms with van der Waals surface area (Å²) in [5.74, 6) is -0.435. The third-order valence-electron chi connectivity index (χ3n) is 4.93. The number of rotatable bonds is 10. The van der Waals surface area contributed by atoms with Gasteiger partial charge in [0, 0.05) is 37.1 Å². The Morgan fingerprint density at radius 2 is 1.67 bits per heavy atom. The Bertz CT molecular complexity index is 1060. The summed E-state index contributed by atoms with van der Waals surface area (Å²) in [5.41, 5.74) is 0.729. The first kappa shape index (κ1) is 21.9. The number of benzene rings is 2. The van der Waals surface area contributed by atoms with Gasteiger partial charge in [0.2, 0.25) is 5.91 Å². The van der Waals surface area contributed by atoms with Gasteiger partial charge in [0.1, 0.15) is 5.78 Å². The second kappa shape index (κ2) is 10.3. The molecule has 1 unspecified atom stereocenters. The molecular weight excluding hydrogens is 398 g/mol. The van der Waals surface area contributed by atoms with Crippen LogP contribution in [0.4, 0.5) is 0 Å². The molecule has 0 saturated carbocycles. The van der Waals surface area contributed by atoms with E-state index in [1.54, 1.807) is 6.07 Å². The summed E-state index contributed by atoms with van der Waals surface area (Å²) < 4.78 is 0. The van der Waals surface area contributed by atoms with Crippen LogP contribution in [0, 0.1) is 6.92 Å². The highest BCUT2D eigenvalue weighted by molar-refractivity contribution is 7.14. The maximum atomic E-state index is 12.0. The van der Waals surface area contributed by atoms with E-state index in [1.807, 2.05) is 55.5 Å². The number of carbonyl (C=O) groups is 3. The zero-order valence-electron chi connectivity index (χ0n) is 16.9. The molecule has 1 aromatic heterocycles. The second-order valence-corrected chi connectivity index (χ2v) is 8.59. The van der Waals surface area contributed by atoms with Crippen molar-refractivity contribution in [2.75, 3.05) is 6.54 Å². The molecule has 30 heavy (non-hydrogen) atoms. The molecule has 0 aliphatic rings. The Hall–Kier alpha value is -2.83. The van der Waals surface area contributed by atoms with Crippen LogP contribution in [-0.4, -0.2) is 29.1 Å². The first-order valence-electron chi connectivity index (χ1n) is 9.97. The monoisotopic (exact) mass is 423 g/mol. The topological polar surface area (TPSA) is 83.5 Å². The highest BCUT2D eigenvalue weighted by Gasteiger charge is 2.14. The summed E-state index contributed by atoms with van der Waals surface area (Å²) in [6.07, 6.45) is -0.366. The van der Waals surface area contributed by atoms with Crippen molar-refractivity contribution in [3.05, 3.63) is 69.9 Å². The number of Topliss-reactive ketones (excluding diaryl/α,β-unsaturated/α-hetero) is 2. The van der Waals surface area contributed by atoms with Crippen molar-refractivity contribution in [2.24, 2.45) is 0 Å². The number of nitrogens with one attached hydrogen (secondary N) is 1. The molecule has 0 fully saturated rings. The van der Waals surface area contributed by atoms with Gasteiger partial charge >= 0.3 is 0 Å². The molecule has 2 aromatic carbocycles. The lowest BCUT2D eigenvalue weighted by Crippen LogP contribution is -2.28. The lowest BCUT2D eigenvalue weighted by Gasteiger charge is -2.13. The fourth-order valence-electron chi connectivity index (χ4n) is 3.17. The minimum absolute atomic E-state index is 0.0376. The molecule has 0 saturated heterocycles. The number of aliphatic hydroxyl groups is 1. The van der Waals surface area contributed by atoms with Crippen molar-refractivity contribution in [3.8, 4) is 0 Å². The molecule has 3 rings (SSSR count). The van der Waals surface area contributed by atoms with Crippen molar-refractivity contribution >= 4 is 39.6 Å². The van der Waals surface area contributed by atoms with E-state index in [1.165, 1.54) is 11.3 Å². The maximum Gasteiger partial charge on any atom is 0.220 e. The maximum absolute atomic E-state index is 12.0. The van der Waals surface area contributed by atoms with E-state index in [2.05, 4.69) is 5.32 Å². The first-order chi connectivity index (χ1) is 14.4. The van der Waals surface area contributed by atoms with Gasteiger partial charge in [0.25, 0.3) is 0 Å². The highest BCUT2D eigenvalue weighted by atomic mass is 32.1. The molecule has 6 heteroatoms. The molecule has 0 bridgehead atoms. The largest absolute Gasteiger partial charge is 0.387 e. The van der Waals surface area contributed by atoms with Gasteiger partial charge in [-0.1, -0.05) is 36.4 Å². The fraction of sp³-hybridized carbons (Fsp3) is 0.292. The van der Waals surface area contributed by atoms with Crippen LogP contribution in [0.3, 0.4) is 0 Å². The number of hydrogen-bond donors (Lipinski definition) is 2. The third kappa shape index (κ3) is 6.08. The molecular formula is C24H25NO4S. The van der Waals surface area contributed by atoms with E-state index in [9.17, 15) is 19.5 Å². The van der Waals surface area contributed by atoms with Gasteiger partial charge in [-0.05, 0) is 41.5 Å². The normalized spacial score (nSPS) is 11.9. The van der Waals surface area contributed by atoms with Gasteiger partial charge < -0.3 is 10.4 Å². The fourth-order valence-corrected chi connectivity index (χ4v) is 4.01. The predicted molar refractivity (Wildman–Crippen MR) is 119 cm³/mol. The average Bonchev–Trinajstić information content (AvgIpc) is 3.20. The number of thiophene rings is 1. The molecule has 0 spiro atoms. The molecule has 5 nitrogen and oxygen atoms in total. The van der Waals surface area contributed by atoms with Crippen LogP contribution in [0.2, 0.25) is 0 Å². The SMILES string of the molecule is Cc1ccc(C(=O)CCC(=O)CCC(=O)NCC(O)c2ccc3ccccc3c2)s1. The van der Waals surface area contributed by atoms with E-state index in [0.717, 1.165) is 21.2 Å². The molecule has 0 radical (unpaired) electrons. The van der Waals surface area contributed by atoms with Crippen molar-refractivity contribution in [3.63, 3.8) is 0 Å². The Labute approximate surface area is 179 Å². The lowest BCUT2D eigenvalue weighted by molar-refractivity contribution is -0.125. The molecule has 0 aliphatic carbocycles. The first-order valence-corrected chi connectivity index (χ1v) is 10.8. The van der Waals surface area contributed by atoms with Crippen molar-refractivity contribution < 1.29 is 19.5 Å². The Balaban J connectivity index is 1.38. The lowest BCUT2D eigenvalue weighted by atomic mass is 10.0. The van der Waals surface area contributed by atoms with Crippen LogP contribution < -0.4 is 5.32 Å². The van der Waals surface area contributed by atoms with Gasteiger partial charge in [-0.3, -0.25) is 14.4 Å². The van der Waals surface area contributed by atoms with E-state index in [0.29, 0.717) is 4.88 Å². The second-order valence-electron chi connectivity index (χ2n) is 7.30. The van der Waals surface area contributed by atoms with Gasteiger partial charge in [-0.25, -0.2) is 0 Å². The van der Waals surface area contributed by atoms with Crippen LogP contribution in [0.5, 0.6) is 0 Å². The van der Waals surface area contributed by atoms with Gasteiger partial charge in [0.05, 0.1) is 11.0 Å². The summed E-state index contributed by atoms with van der Waals surface area (Å²) in [7, 11) is 0. The standard InChI is InChI=1S/C24H25NO4S/c1-16-6-12-23(30-16)21(27)11-9-20(26)10-13-24(29)25-15-22(28)19-8-7-17-4-2-3-5-18(17)14-19/h2-8,12,14,22,28H,9-11,13,15H2,1H3,(H,25,29). The van der Waals surface area contributed by atoms with Crippen LogP contribution in [-0.2, 0) is 9.59 Å². The van der Waals surface area contributed by atoms with E-state index >= 15 is 0 Å². The van der Waals surface area contributed by atoms with Crippen molar-refractivity contribution in [1.29, 1.82) is 0 Å². The Kier molecular flexibility index (Phi) is 7.49. The smallest absolute Gasteiger partial charge is 0.220 e. The molecule has 0 aliphatic heterocycles. The van der Waals surface area contributed by atoms with Crippen molar-refractivity contribution in [2.45, 2.75) is 38.7 Å². The number of amides is 1. The Morgan fingerprint density at radius 3 is 2.40 bits per heavy atom. The summed E-state index contributed by atoms with van der Waals surface area (Å²) >= 11 is 1.42. The molecule has 1 amide bonds.